The second-order valence-corrected chi connectivity index (χ2v) is 6.48. The van der Waals surface area contributed by atoms with Gasteiger partial charge >= 0.3 is 11.8 Å². The Kier molecular flexibility index (Phi) is 6.64. The number of amides is 2. The van der Waals surface area contributed by atoms with Gasteiger partial charge < -0.3 is 15.4 Å². The van der Waals surface area contributed by atoms with E-state index in [1.54, 1.807) is 0 Å². The molecule has 24 heavy (non-hydrogen) atoms. The number of hydrogen-bond donors (Lipinski definition) is 2. The van der Waals surface area contributed by atoms with Gasteiger partial charge in [-0.05, 0) is 39.7 Å². The second kappa shape index (κ2) is 8.71. The van der Waals surface area contributed by atoms with Crippen LogP contribution in [-0.4, -0.2) is 24.5 Å². The summed E-state index contributed by atoms with van der Waals surface area (Å²) in [5, 5.41) is 5.62. The quantitative estimate of drug-likeness (QED) is 0.815. The summed E-state index contributed by atoms with van der Waals surface area (Å²) in [6.07, 6.45) is 5.36. The van der Waals surface area contributed by atoms with Gasteiger partial charge in [-0.15, -0.1) is 0 Å². The first kappa shape index (κ1) is 18.3. The first-order valence-electron chi connectivity index (χ1n) is 8.86. The van der Waals surface area contributed by atoms with Crippen molar-refractivity contribution in [1.82, 2.24) is 10.6 Å². The molecule has 0 aromatic heterocycles. The van der Waals surface area contributed by atoms with Crippen molar-refractivity contribution in [2.75, 3.05) is 6.61 Å². The number of rotatable bonds is 5. The lowest BCUT2D eigenvalue weighted by Crippen LogP contribution is -2.45. The number of carbonyl (C=O) groups excluding carboxylic acids is 2. The third kappa shape index (κ3) is 4.98. The van der Waals surface area contributed by atoms with Crippen molar-refractivity contribution >= 4 is 11.8 Å². The van der Waals surface area contributed by atoms with Gasteiger partial charge in [-0.25, -0.2) is 0 Å². The van der Waals surface area contributed by atoms with Gasteiger partial charge in [-0.1, -0.05) is 37.0 Å². The molecular weight excluding hydrogens is 304 g/mol. The minimum atomic E-state index is -0.586. The van der Waals surface area contributed by atoms with Crippen LogP contribution in [0.25, 0.3) is 0 Å². The molecule has 0 aliphatic heterocycles. The highest BCUT2D eigenvalue weighted by atomic mass is 16.5. The van der Waals surface area contributed by atoms with E-state index in [-0.39, 0.29) is 12.1 Å². The van der Waals surface area contributed by atoms with E-state index in [9.17, 15) is 9.59 Å². The zero-order valence-electron chi connectivity index (χ0n) is 14.9. The van der Waals surface area contributed by atoms with Gasteiger partial charge in [0.05, 0.1) is 12.6 Å². The average Bonchev–Trinajstić information content (AvgIpc) is 2.57. The van der Waals surface area contributed by atoms with E-state index in [0.717, 1.165) is 42.6 Å². The fourth-order valence-electron chi connectivity index (χ4n) is 3.13. The van der Waals surface area contributed by atoms with Crippen LogP contribution in [0.2, 0.25) is 0 Å². The van der Waals surface area contributed by atoms with Crippen LogP contribution in [0.5, 0.6) is 5.75 Å². The van der Waals surface area contributed by atoms with E-state index >= 15 is 0 Å². The van der Waals surface area contributed by atoms with Crippen molar-refractivity contribution in [3.8, 4) is 5.75 Å². The van der Waals surface area contributed by atoms with E-state index in [1.807, 2.05) is 39.0 Å². The van der Waals surface area contributed by atoms with E-state index in [4.69, 9.17) is 4.74 Å². The van der Waals surface area contributed by atoms with Crippen LogP contribution in [0.4, 0.5) is 0 Å². The Balaban J connectivity index is 1.97. The van der Waals surface area contributed by atoms with E-state index in [2.05, 4.69) is 10.6 Å². The number of nitrogens with one attached hydrogen (secondary N) is 2. The van der Waals surface area contributed by atoms with Crippen LogP contribution in [0.3, 0.4) is 0 Å². The van der Waals surface area contributed by atoms with Gasteiger partial charge in [0.25, 0.3) is 0 Å². The lowest BCUT2D eigenvalue weighted by molar-refractivity contribution is -0.140. The molecule has 0 heterocycles. The summed E-state index contributed by atoms with van der Waals surface area (Å²) in [5.74, 6) is -0.389. The number of carbonyl (C=O) groups is 2. The maximum atomic E-state index is 12.2. The molecule has 132 valence electrons. The van der Waals surface area contributed by atoms with Gasteiger partial charge in [-0.3, -0.25) is 9.59 Å². The van der Waals surface area contributed by atoms with Crippen molar-refractivity contribution < 1.29 is 14.3 Å². The third-order valence-corrected chi connectivity index (χ3v) is 4.43. The molecule has 0 spiro atoms. The topological polar surface area (TPSA) is 67.4 Å². The Morgan fingerprint density at radius 2 is 1.92 bits per heavy atom. The van der Waals surface area contributed by atoms with Crippen molar-refractivity contribution in [1.29, 1.82) is 0 Å². The molecule has 1 aliphatic carbocycles. The lowest BCUT2D eigenvalue weighted by atomic mass is 9.95. The lowest BCUT2D eigenvalue weighted by Gasteiger charge is -2.23. The predicted molar refractivity (Wildman–Crippen MR) is 93.9 cm³/mol. The average molecular weight is 332 g/mol. The monoisotopic (exact) mass is 332 g/mol. The van der Waals surface area contributed by atoms with Gasteiger partial charge in [0.2, 0.25) is 0 Å². The van der Waals surface area contributed by atoms with Crippen molar-refractivity contribution in [2.24, 2.45) is 0 Å². The maximum Gasteiger partial charge on any atom is 0.309 e. The molecule has 2 amide bonds. The summed E-state index contributed by atoms with van der Waals surface area (Å²) in [5.41, 5.74) is 1.97. The molecule has 1 aliphatic rings. The van der Waals surface area contributed by atoms with Crippen molar-refractivity contribution in [3.05, 3.63) is 29.3 Å². The normalized spacial score (nSPS) is 16.3. The molecule has 1 fully saturated rings. The predicted octanol–water partition coefficient (Wildman–Crippen LogP) is 3.02. The van der Waals surface area contributed by atoms with Gasteiger partial charge in [-0.2, -0.15) is 0 Å². The minimum absolute atomic E-state index is 0.130. The molecule has 5 heteroatoms. The second-order valence-electron chi connectivity index (χ2n) is 6.48. The Morgan fingerprint density at radius 3 is 2.58 bits per heavy atom. The highest BCUT2D eigenvalue weighted by molar-refractivity contribution is 6.35. The standard InChI is InChI=1S/C19H28N2O3/c1-4-24-17-11-10-13(2)12-16(17)14(3)20-18(22)19(23)21-15-8-6-5-7-9-15/h10-12,14-15H,4-9H2,1-3H3,(H,20,22)(H,21,23). The molecule has 1 atom stereocenters. The smallest absolute Gasteiger partial charge is 0.309 e. The maximum absolute atomic E-state index is 12.2. The number of aryl methyl sites for hydroxylation is 1. The summed E-state index contributed by atoms with van der Waals surface area (Å²) in [6, 6.07) is 5.69. The summed E-state index contributed by atoms with van der Waals surface area (Å²) >= 11 is 0. The molecular formula is C19H28N2O3. The van der Waals surface area contributed by atoms with E-state index < -0.39 is 11.8 Å². The highest BCUT2D eigenvalue weighted by Gasteiger charge is 2.23. The molecule has 2 N–H and O–H groups in total. The van der Waals surface area contributed by atoms with Crippen LogP contribution < -0.4 is 15.4 Å². The molecule has 1 aromatic rings. The van der Waals surface area contributed by atoms with Crippen LogP contribution in [0.1, 0.15) is 63.1 Å². The minimum Gasteiger partial charge on any atom is -0.494 e. The zero-order chi connectivity index (χ0) is 17.5. The van der Waals surface area contributed by atoms with E-state index in [0.29, 0.717) is 6.61 Å². The third-order valence-electron chi connectivity index (χ3n) is 4.43. The fraction of sp³-hybridized carbons (Fsp3) is 0.579. The zero-order valence-corrected chi connectivity index (χ0v) is 14.9. The van der Waals surface area contributed by atoms with Gasteiger partial charge in [0, 0.05) is 11.6 Å². The molecule has 0 bridgehead atoms. The van der Waals surface area contributed by atoms with Crippen LogP contribution in [0, 0.1) is 6.92 Å². The molecule has 5 nitrogen and oxygen atoms in total. The van der Waals surface area contributed by atoms with Gasteiger partial charge in [0.15, 0.2) is 0 Å². The summed E-state index contributed by atoms with van der Waals surface area (Å²) in [7, 11) is 0. The highest BCUT2D eigenvalue weighted by Crippen LogP contribution is 2.26. The molecule has 1 unspecified atom stereocenters. The largest absolute Gasteiger partial charge is 0.494 e. The Bertz CT molecular complexity index is 580. The number of hydrogen-bond acceptors (Lipinski definition) is 3. The summed E-state index contributed by atoms with van der Waals surface area (Å²) in [4.78, 5) is 24.3. The molecule has 0 radical (unpaired) electrons. The van der Waals surface area contributed by atoms with Crippen LogP contribution in [-0.2, 0) is 9.59 Å². The summed E-state index contributed by atoms with van der Waals surface area (Å²) < 4.78 is 5.62. The Labute approximate surface area is 144 Å². The first-order chi connectivity index (χ1) is 11.5. The Morgan fingerprint density at radius 1 is 1.21 bits per heavy atom. The van der Waals surface area contributed by atoms with Crippen molar-refractivity contribution in [3.63, 3.8) is 0 Å². The molecule has 2 rings (SSSR count). The fourth-order valence-corrected chi connectivity index (χ4v) is 3.13. The van der Waals surface area contributed by atoms with E-state index in [1.165, 1.54) is 6.42 Å². The van der Waals surface area contributed by atoms with Crippen LogP contribution in [0.15, 0.2) is 18.2 Å². The van der Waals surface area contributed by atoms with Crippen LogP contribution >= 0.6 is 0 Å². The molecule has 0 saturated heterocycles. The van der Waals surface area contributed by atoms with Crippen molar-refractivity contribution in [2.45, 2.75) is 65.0 Å². The summed E-state index contributed by atoms with van der Waals surface area (Å²) in [6.45, 7) is 6.33. The first-order valence-corrected chi connectivity index (χ1v) is 8.86. The molecule has 1 aromatic carbocycles. The van der Waals surface area contributed by atoms with Gasteiger partial charge in [0.1, 0.15) is 5.75 Å². The number of ether oxygens (including phenoxy) is 1. The Hall–Kier alpha value is -2.04. The molecule has 1 saturated carbocycles. The SMILES string of the molecule is CCOc1ccc(C)cc1C(C)NC(=O)C(=O)NC1CCCCC1. The number of benzene rings is 1.